The molecule has 0 bridgehead atoms. The highest BCUT2D eigenvalue weighted by Crippen LogP contribution is 2.19. The number of nitrogens with zero attached hydrogens (tertiary/aromatic N) is 2. The van der Waals surface area contributed by atoms with Crippen LogP contribution < -0.4 is 5.32 Å². The second-order valence-corrected chi connectivity index (χ2v) is 6.56. The minimum atomic E-state index is 0.0292. The second-order valence-electron chi connectivity index (χ2n) is 6.56. The van der Waals surface area contributed by atoms with Crippen molar-refractivity contribution < 1.29 is 9.53 Å². The molecule has 1 heterocycles. The summed E-state index contributed by atoms with van der Waals surface area (Å²) < 4.78 is 5.70. The van der Waals surface area contributed by atoms with Crippen LogP contribution in [-0.4, -0.2) is 74.2 Å². The molecule has 1 unspecified atom stereocenters. The Morgan fingerprint density at radius 3 is 2.52 bits per heavy atom. The molecule has 2 fully saturated rings. The third-order valence-corrected chi connectivity index (χ3v) is 4.76. The molecule has 1 saturated carbocycles. The largest absolute Gasteiger partial charge is 0.368 e. The van der Waals surface area contributed by atoms with Crippen LogP contribution in [0.5, 0.6) is 0 Å². The van der Waals surface area contributed by atoms with Crippen molar-refractivity contribution in [3.05, 3.63) is 0 Å². The monoisotopic (exact) mass is 297 g/mol. The number of piperazine rings is 1. The zero-order valence-corrected chi connectivity index (χ0v) is 13.6. The Labute approximate surface area is 129 Å². The van der Waals surface area contributed by atoms with Crippen LogP contribution in [0.2, 0.25) is 0 Å². The van der Waals surface area contributed by atoms with Crippen LogP contribution in [0.15, 0.2) is 0 Å². The van der Waals surface area contributed by atoms with E-state index in [-0.39, 0.29) is 12.5 Å². The van der Waals surface area contributed by atoms with Gasteiger partial charge in [0.05, 0.1) is 6.10 Å². The Hall–Kier alpha value is -0.650. The highest BCUT2D eigenvalue weighted by molar-refractivity contribution is 5.77. The Bertz CT molecular complexity index is 311. The quantitative estimate of drug-likeness (QED) is 0.797. The number of nitrogens with one attached hydrogen (secondary N) is 1. The number of hydrogen-bond acceptors (Lipinski definition) is 4. The van der Waals surface area contributed by atoms with Crippen LogP contribution in [-0.2, 0) is 9.53 Å². The molecule has 1 atom stereocenters. The van der Waals surface area contributed by atoms with Gasteiger partial charge in [-0.25, -0.2) is 0 Å². The molecule has 21 heavy (non-hydrogen) atoms. The van der Waals surface area contributed by atoms with E-state index >= 15 is 0 Å². The average Bonchev–Trinajstić information content (AvgIpc) is 2.52. The van der Waals surface area contributed by atoms with Crippen molar-refractivity contribution in [3.8, 4) is 0 Å². The highest BCUT2D eigenvalue weighted by atomic mass is 16.5. The van der Waals surface area contributed by atoms with E-state index < -0.39 is 0 Å². The van der Waals surface area contributed by atoms with Gasteiger partial charge < -0.3 is 15.0 Å². The SMILES string of the molecule is CC(CNC(=O)COC1CCCCC1)N1CCN(C)CC1. The van der Waals surface area contributed by atoms with Gasteiger partial charge in [-0.3, -0.25) is 9.69 Å². The van der Waals surface area contributed by atoms with Crippen molar-refractivity contribution in [3.63, 3.8) is 0 Å². The van der Waals surface area contributed by atoms with Gasteiger partial charge in [0.25, 0.3) is 0 Å². The highest BCUT2D eigenvalue weighted by Gasteiger charge is 2.20. The first kappa shape index (κ1) is 16.7. The molecular formula is C16H31N3O2. The molecule has 2 rings (SSSR count). The van der Waals surface area contributed by atoms with Crippen LogP contribution in [0.3, 0.4) is 0 Å². The first-order chi connectivity index (χ1) is 10.1. The lowest BCUT2D eigenvalue weighted by molar-refractivity contribution is -0.128. The number of likely N-dealkylation sites (N-methyl/N-ethyl adjacent to an activating group) is 1. The fourth-order valence-electron chi connectivity index (χ4n) is 3.13. The molecule has 1 aliphatic carbocycles. The number of carbonyl (C=O) groups excluding carboxylic acids is 1. The lowest BCUT2D eigenvalue weighted by Crippen LogP contribution is -2.51. The van der Waals surface area contributed by atoms with Crippen molar-refractivity contribution in [2.75, 3.05) is 46.4 Å². The van der Waals surface area contributed by atoms with Crippen LogP contribution in [0.25, 0.3) is 0 Å². The van der Waals surface area contributed by atoms with Crippen LogP contribution in [0, 0.1) is 0 Å². The molecule has 0 spiro atoms. The van der Waals surface area contributed by atoms with E-state index in [0.29, 0.717) is 12.1 Å². The lowest BCUT2D eigenvalue weighted by Gasteiger charge is -2.36. The number of carbonyl (C=O) groups is 1. The molecule has 5 heteroatoms. The molecule has 1 aliphatic heterocycles. The van der Waals surface area contributed by atoms with E-state index in [1.807, 2.05) is 0 Å². The predicted octanol–water partition coefficient (Wildman–Crippen LogP) is 1.09. The van der Waals surface area contributed by atoms with Crippen LogP contribution >= 0.6 is 0 Å². The van der Waals surface area contributed by atoms with Crippen molar-refractivity contribution in [2.24, 2.45) is 0 Å². The minimum absolute atomic E-state index is 0.0292. The summed E-state index contributed by atoms with van der Waals surface area (Å²) >= 11 is 0. The average molecular weight is 297 g/mol. The summed E-state index contributed by atoms with van der Waals surface area (Å²) in [5, 5.41) is 3.01. The Kier molecular flexibility index (Phi) is 6.93. The molecule has 0 radical (unpaired) electrons. The maximum atomic E-state index is 11.9. The third-order valence-electron chi connectivity index (χ3n) is 4.76. The Morgan fingerprint density at radius 1 is 1.19 bits per heavy atom. The van der Waals surface area contributed by atoms with E-state index in [2.05, 4.69) is 29.1 Å². The van der Waals surface area contributed by atoms with Gasteiger partial charge in [-0.1, -0.05) is 19.3 Å². The molecule has 0 aromatic heterocycles. The number of rotatable bonds is 6. The second kappa shape index (κ2) is 8.71. The summed E-state index contributed by atoms with van der Waals surface area (Å²) in [6.45, 7) is 7.54. The van der Waals surface area contributed by atoms with E-state index in [9.17, 15) is 4.79 Å². The summed E-state index contributed by atoms with van der Waals surface area (Å²) in [5.41, 5.74) is 0. The number of hydrogen-bond donors (Lipinski definition) is 1. The van der Waals surface area contributed by atoms with Gasteiger partial charge in [-0.15, -0.1) is 0 Å². The Balaban J connectivity index is 1.57. The molecule has 122 valence electrons. The molecule has 2 aliphatic rings. The van der Waals surface area contributed by atoms with E-state index in [1.165, 1.54) is 19.3 Å². The minimum Gasteiger partial charge on any atom is -0.368 e. The maximum Gasteiger partial charge on any atom is 0.246 e. The topological polar surface area (TPSA) is 44.8 Å². The number of amides is 1. The van der Waals surface area contributed by atoms with E-state index in [4.69, 9.17) is 4.74 Å². The van der Waals surface area contributed by atoms with Crippen molar-refractivity contribution in [1.82, 2.24) is 15.1 Å². The van der Waals surface area contributed by atoms with Crippen molar-refractivity contribution in [2.45, 2.75) is 51.2 Å². The molecule has 1 amide bonds. The lowest BCUT2D eigenvalue weighted by atomic mass is 9.98. The van der Waals surface area contributed by atoms with Crippen LogP contribution in [0.1, 0.15) is 39.0 Å². The van der Waals surface area contributed by atoms with Crippen molar-refractivity contribution >= 4 is 5.91 Å². The van der Waals surface area contributed by atoms with E-state index in [0.717, 1.165) is 45.6 Å². The molecule has 0 aromatic carbocycles. The fourth-order valence-corrected chi connectivity index (χ4v) is 3.13. The summed E-state index contributed by atoms with van der Waals surface area (Å²) in [5.74, 6) is 0.0292. The first-order valence-electron chi connectivity index (χ1n) is 8.46. The zero-order chi connectivity index (χ0) is 15.1. The molecular weight excluding hydrogens is 266 g/mol. The van der Waals surface area contributed by atoms with Gasteiger partial charge in [0.2, 0.25) is 5.91 Å². The fraction of sp³-hybridized carbons (Fsp3) is 0.938. The number of ether oxygens (including phenoxy) is 1. The summed E-state index contributed by atoms with van der Waals surface area (Å²) in [6, 6.07) is 0.400. The van der Waals surface area contributed by atoms with Gasteiger partial charge >= 0.3 is 0 Å². The third kappa shape index (κ3) is 5.93. The summed E-state index contributed by atoms with van der Waals surface area (Å²) in [6.07, 6.45) is 6.34. The smallest absolute Gasteiger partial charge is 0.246 e. The normalized spacial score (nSPS) is 23.9. The first-order valence-corrected chi connectivity index (χ1v) is 8.46. The van der Waals surface area contributed by atoms with Gasteiger partial charge in [-0.2, -0.15) is 0 Å². The van der Waals surface area contributed by atoms with Gasteiger partial charge in [0, 0.05) is 38.8 Å². The van der Waals surface area contributed by atoms with Crippen LogP contribution in [0.4, 0.5) is 0 Å². The molecule has 5 nitrogen and oxygen atoms in total. The molecule has 0 aromatic rings. The van der Waals surface area contributed by atoms with Gasteiger partial charge in [-0.05, 0) is 26.8 Å². The van der Waals surface area contributed by atoms with E-state index in [1.54, 1.807) is 0 Å². The predicted molar refractivity (Wildman–Crippen MR) is 84.4 cm³/mol. The van der Waals surface area contributed by atoms with Gasteiger partial charge in [0.15, 0.2) is 0 Å². The molecule has 1 saturated heterocycles. The maximum absolute atomic E-state index is 11.9. The van der Waals surface area contributed by atoms with Gasteiger partial charge in [0.1, 0.15) is 6.61 Å². The summed E-state index contributed by atoms with van der Waals surface area (Å²) in [7, 11) is 2.16. The summed E-state index contributed by atoms with van der Waals surface area (Å²) in [4.78, 5) is 16.7. The molecule has 1 N–H and O–H groups in total. The standard InChI is InChI=1S/C16H31N3O2/c1-14(19-10-8-18(2)9-11-19)12-17-16(20)13-21-15-6-4-3-5-7-15/h14-15H,3-13H2,1-2H3,(H,17,20). The zero-order valence-electron chi connectivity index (χ0n) is 13.6. The van der Waals surface area contributed by atoms with Crippen molar-refractivity contribution in [1.29, 1.82) is 0 Å². The Morgan fingerprint density at radius 2 is 1.86 bits per heavy atom.